The molecule has 2 rings (SSSR count). The van der Waals surface area contributed by atoms with Crippen molar-refractivity contribution < 1.29 is 14.4 Å². The highest BCUT2D eigenvalue weighted by atomic mass is 16.6. The van der Waals surface area contributed by atoms with Gasteiger partial charge in [0.25, 0.3) is 5.88 Å². The molecule has 1 aliphatic rings. The first kappa shape index (κ1) is 10.7. The zero-order chi connectivity index (χ0) is 11.5. The Morgan fingerprint density at radius 3 is 2.81 bits per heavy atom. The van der Waals surface area contributed by atoms with Crippen molar-refractivity contribution in [2.24, 2.45) is 0 Å². The Bertz CT molecular complexity index is 404. The maximum atomic E-state index is 10.9. The molecule has 1 aromatic rings. The second-order valence-electron chi connectivity index (χ2n) is 3.59. The lowest BCUT2D eigenvalue weighted by Crippen LogP contribution is -2.25. The average molecular weight is 224 g/mol. The average Bonchev–Trinajstić information content (AvgIpc) is 2.22. The van der Waals surface area contributed by atoms with Gasteiger partial charge in [-0.2, -0.15) is 0 Å². The second kappa shape index (κ2) is 4.34. The van der Waals surface area contributed by atoms with Gasteiger partial charge in [-0.1, -0.05) is 0 Å². The molecule has 0 aromatic carbocycles. The number of aromatic nitrogens is 1. The number of ether oxygens (including phenoxy) is 2. The first-order chi connectivity index (χ1) is 7.72. The van der Waals surface area contributed by atoms with Gasteiger partial charge in [-0.15, -0.1) is 0 Å². The second-order valence-corrected chi connectivity index (χ2v) is 3.59. The number of pyridine rings is 1. The molecule has 1 aromatic heterocycles. The minimum Gasteiger partial charge on any atom is -0.483 e. The van der Waals surface area contributed by atoms with Crippen LogP contribution in [0.1, 0.15) is 19.3 Å². The van der Waals surface area contributed by atoms with Crippen molar-refractivity contribution in [3.8, 4) is 11.6 Å². The van der Waals surface area contributed by atoms with Gasteiger partial charge in [0.1, 0.15) is 0 Å². The Hall–Kier alpha value is -1.85. The van der Waals surface area contributed by atoms with E-state index in [0.29, 0.717) is 0 Å². The molecule has 1 saturated carbocycles. The number of rotatable bonds is 4. The van der Waals surface area contributed by atoms with E-state index in [9.17, 15) is 10.1 Å². The van der Waals surface area contributed by atoms with E-state index in [4.69, 9.17) is 9.47 Å². The van der Waals surface area contributed by atoms with Crippen LogP contribution in [0.4, 0.5) is 5.69 Å². The molecule has 0 N–H and O–H groups in total. The van der Waals surface area contributed by atoms with E-state index in [-0.39, 0.29) is 23.4 Å². The fraction of sp³-hybridized carbons (Fsp3) is 0.500. The van der Waals surface area contributed by atoms with Crippen molar-refractivity contribution in [2.45, 2.75) is 25.4 Å². The smallest absolute Gasteiger partial charge is 0.372 e. The van der Waals surface area contributed by atoms with Gasteiger partial charge in [-0.25, -0.2) is 4.98 Å². The summed E-state index contributed by atoms with van der Waals surface area (Å²) in [6.45, 7) is 0. The van der Waals surface area contributed by atoms with Gasteiger partial charge in [-0.05, 0) is 19.3 Å². The molecular formula is C10H12N2O4. The summed E-state index contributed by atoms with van der Waals surface area (Å²) >= 11 is 0. The molecule has 0 unspecified atom stereocenters. The molecule has 0 bridgehead atoms. The summed E-state index contributed by atoms with van der Waals surface area (Å²) in [6, 6.07) is 1.50. The Labute approximate surface area is 92.3 Å². The highest BCUT2D eigenvalue weighted by Gasteiger charge is 2.27. The van der Waals surface area contributed by atoms with Crippen LogP contribution in [0.2, 0.25) is 0 Å². The predicted molar refractivity (Wildman–Crippen MR) is 55.7 cm³/mol. The number of nitro groups is 1. The number of nitrogens with zero attached hydrogens (tertiary/aromatic N) is 2. The first-order valence-corrected chi connectivity index (χ1v) is 5.06. The molecule has 0 saturated heterocycles. The van der Waals surface area contributed by atoms with Crippen LogP contribution in [0.3, 0.4) is 0 Å². The van der Waals surface area contributed by atoms with Crippen molar-refractivity contribution in [2.75, 3.05) is 7.11 Å². The quantitative estimate of drug-likeness (QED) is 0.577. The van der Waals surface area contributed by atoms with Crippen molar-refractivity contribution in [3.63, 3.8) is 0 Å². The third-order valence-corrected chi connectivity index (χ3v) is 2.58. The van der Waals surface area contributed by atoms with Crippen LogP contribution in [-0.4, -0.2) is 23.1 Å². The predicted octanol–water partition coefficient (Wildman–Crippen LogP) is 1.93. The van der Waals surface area contributed by atoms with Crippen LogP contribution in [-0.2, 0) is 0 Å². The summed E-state index contributed by atoms with van der Waals surface area (Å²) in [7, 11) is 1.35. The molecule has 16 heavy (non-hydrogen) atoms. The van der Waals surface area contributed by atoms with E-state index in [0.717, 1.165) is 19.3 Å². The standard InChI is InChI=1S/C10H12N2O4/c1-15-10-9(12(13)14)8(5-6-11-10)16-7-3-2-4-7/h5-7H,2-4H2,1H3. The monoisotopic (exact) mass is 224 g/mol. The van der Waals surface area contributed by atoms with Crippen molar-refractivity contribution in [1.29, 1.82) is 0 Å². The van der Waals surface area contributed by atoms with E-state index >= 15 is 0 Å². The largest absolute Gasteiger partial charge is 0.483 e. The molecule has 6 heteroatoms. The lowest BCUT2D eigenvalue weighted by atomic mass is 9.96. The summed E-state index contributed by atoms with van der Waals surface area (Å²) in [5, 5.41) is 10.9. The summed E-state index contributed by atoms with van der Waals surface area (Å²) < 4.78 is 10.4. The van der Waals surface area contributed by atoms with Crippen LogP contribution < -0.4 is 9.47 Å². The first-order valence-electron chi connectivity index (χ1n) is 5.06. The Morgan fingerprint density at radius 2 is 2.31 bits per heavy atom. The zero-order valence-corrected chi connectivity index (χ0v) is 8.88. The lowest BCUT2D eigenvalue weighted by molar-refractivity contribution is -0.387. The summed E-state index contributed by atoms with van der Waals surface area (Å²) in [6.07, 6.45) is 4.54. The highest BCUT2D eigenvalue weighted by Crippen LogP contribution is 2.37. The van der Waals surface area contributed by atoms with Gasteiger partial charge in [0.05, 0.1) is 18.1 Å². The van der Waals surface area contributed by atoms with Gasteiger partial charge >= 0.3 is 5.69 Å². The van der Waals surface area contributed by atoms with Crippen molar-refractivity contribution in [3.05, 3.63) is 22.4 Å². The molecule has 0 amide bonds. The van der Waals surface area contributed by atoms with Crippen LogP contribution in [0.15, 0.2) is 12.3 Å². The third-order valence-electron chi connectivity index (χ3n) is 2.58. The molecule has 0 radical (unpaired) electrons. The van der Waals surface area contributed by atoms with Crippen LogP contribution in [0.5, 0.6) is 11.6 Å². The maximum absolute atomic E-state index is 10.9. The number of hydrogen-bond acceptors (Lipinski definition) is 5. The lowest BCUT2D eigenvalue weighted by Gasteiger charge is -2.26. The molecule has 6 nitrogen and oxygen atoms in total. The van der Waals surface area contributed by atoms with Crippen LogP contribution in [0.25, 0.3) is 0 Å². The molecule has 0 atom stereocenters. The van der Waals surface area contributed by atoms with E-state index in [1.807, 2.05) is 0 Å². The minimum atomic E-state index is -0.528. The van der Waals surface area contributed by atoms with Crippen LogP contribution >= 0.6 is 0 Å². The Morgan fingerprint density at radius 1 is 1.56 bits per heavy atom. The van der Waals surface area contributed by atoms with Crippen LogP contribution in [0, 0.1) is 10.1 Å². The van der Waals surface area contributed by atoms with E-state index < -0.39 is 4.92 Å². The minimum absolute atomic E-state index is 0.0122. The van der Waals surface area contributed by atoms with E-state index in [1.165, 1.54) is 19.4 Å². The van der Waals surface area contributed by atoms with Gasteiger partial charge in [0, 0.05) is 12.3 Å². The van der Waals surface area contributed by atoms with E-state index in [2.05, 4.69) is 4.98 Å². The summed E-state index contributed by atoms with van der Waals surface area (Å²) in [5.74, 6) is 0.225. The highest BCUT2D eigenvalue weighted by molar-refractivity contribution is 5.53. The molecule has 1 aliphatic carbocycles. The molecule has 0 spiro atoms. The number of hydrogen-bond donors (Lipinski definition) is 0. The molecule has 1 heterocycles. The normalized spacial score (nSPS) is 15.3. The maximum Gasteiger partial charge on any atom is 0.372 e. The van der Waals surface area contributed by atoms with Gasteiger partial charge in [0.2, 0.25) is 5.75 Å². The molecular weight excluding hydrogens is 212 g/mol. The Balaban J connectivity index is 2.30. The fourth-order valence-corrected chi connectivity index (χ4v) is 1.50. The van der Waals surface area contributed by atoms with Gasteiger partial charge < -0.3 is 9.47 Å². The van der Waals surface area contributed by atoms with Crippen molar-refractivity contribution >= 4 is 5.69 Å². The van der Waals surface area contributed by atoms with E-state index in [1.54, 1.807) is 0 Å². The molecule has 86 valence electrons. The fourth-order valence-electron chi connectivity index (χ4n) is 1.50. The van der Waals surface area contributed by atoms with Gasteiger partial charge in [-0.3, -0.25) is 10.1 Å². The summed E-state index contributed by atoms with van der Waals surface area (Å²) in [5.41, 5.74) is -0.197. The number of methoxy groups -OCH3 is 1. The van der Waals surface area contributed by atoms with Crippen molar-refractivity contribution in [1.82, 2.24) is 4.98 Å². The Kier molecular flexibility index (Phi) is 2.89. The topological polar surface area (TPSA) is 74.5 Å². The molecule has 1 fully saturated rings. The molecule has 0 aliphatic heterocycles. The third kappa shape index (κ3) is 1.91. The SMILES string of the molecule is COc1nccc(OC2CCC2)c1[N+](=O)[O-]. The zero-order valence-electron chi connectivity index (χ0n) is 8.88. The van der Waals surface area contributed by atoms with Gasteiger partial charge in [0.15, 0.2) is 0 Å². The summed E-state index contributed by atoms with van der Waals surface area (Å²) in [4.78, 5) is 14.2.